The van der Waals surface area contributed by atoms with Crippen LogP contribution in [0.3, 0.4) is 0 Å². The third kappa shape index (κ3) is 1.89. The molecule has 0 aromatic heterocycles. The Labute approximate surface area is 94.5 Å². The van der Waals surface area contributed by atoms with E-state index in [4.69, 9.17) is 4.74 Å². The highest BCUT2D eigenvalue weighted by atomic mass is 16.6. The lowest BCUT2D eigenvalue weighted by atomic mass is 10.0. The molecule has 0 saturated carbocycles. The summed E-state index contributed by atoms with van der Waals surface area (Å²) in [5.41, 5.74) is 3.44. The molecule has 1 heterocycles. The fourth-order valence-electron chi connectivity index (χ4n) is 1.59. The summed E-state index contributed by atoms with van der Waals surface area (Å²) in [4.78, 5) is 15.6. The molecule has 0 amide bonds. The van der Waals surface area contributed by atoms with Crippen molar-refractivity contribution in [2.24, 2.45) is 4.99 Å². The summed E-state index contributed by atoms with van der Waals surface area (Å²) in [5.74, 6) is 0.0436. The van der Waals surface area contributed by atoms with Crippen molar-refractivity contribution < 1.29 is 9.53 Å². The highest BCUT2D eigenvalue weighted by Gasteiger charge is 2.22. The van der Waals surface area contributed by atoms with Crippen LogP contribution in [0, 0.1) is 6.92 Å². The monoisotopic (exact) mass is 215 g/mol. The summed E-state index contributed by atoms with van der Waals surface area (Å²) in [7, 11) is 0. The summed E-state index contributed by atoms with van der Waals surface area (Å²) < 4.78 is 4.89. The van der Waals surface area contributed by atoms with Gasteiger partial charge >= 0.3 is 5.97 Å². The number of rotatable bonds is 1. The number of hydrogen-bond acceptors (Lipinski definition) is 3. The second kappa shape index (κ2) is 3.93. The number of carbonyl (C=O) groups is 1. The van der Waals surface area contributed by atoms with Crippen LogP contribution in [0.4, 0.5) is 0 Å². The van der Waals surface area contributed by atoms with Gasteiger partial charge in [0.1, 0.15) is 0 Å². The molecule has 1 aromatic carbocycles. The average Bonchev–Trinajstić information content (AvgIpc) is 2.58. The fourth-order valence-corrected chi connectivity index (χ4v) is 1.59. The lowest BCUT2D eigenvalue weighted by molar-refractivity contribution is -0.130. The molecule has 0 fully saturated rings. The minimum absolute atomic E-state index is 0.365. The van der Waals surface area contributed by atoms with Crippen LogP contribution in [0.25, 0.3) is 5.57 Å². The molecule has 3 heteroatoms. The van der Waals surface area contributed by atoms with E-state index in [9.17, 15) is 4.79 Å². The van der Waals surface area contributed by atoms with Crippen LogP contribution in [0.2, 0.25) is 0 Å². The zero-order chi connectivity index (χ0) is 11.7. The van der Waals surface area contributed by atoms with Crippen LogP contribution in [0.1, 0.15) is 25.0 Å². The molecule has 2 rings (SSSR count). The molecule has 0 radical (unpaired) electrons. The maximum atomic E-state index is 11.5. The zero-order valence-electron chi connectivity index (χ0n) is 9.57. The molecule has 1 aromatic rings. The number of esters is 1. The van der Waals surface area contributed by atoms with Gasteiger partial charge in [-0.05, 0) is 25.0 Å². The van der Waals surface area contributed by atoms with Crippen LogP contribution in [-0.4, -0.2) is 11.9 Å². The first-order valence-corrected chi connectivity index (χ1v) is 5.13. The number of aliphatic imine (C=N–C) groups is 1. The first kappa shape index (κ1) is 10.6. The number of aryl methyl sites for hydroxylation is 1. The molecule has 0 saturated heterocycles. The van der Waals surface area contributed by atoms with Crippen LogP contribution >= 0.6 is 0 Å². The Morgan fingerprint density at radius 3 is 2.31 bits per heavy atom. The molecule has 0 bridgehead atoms. The van der Waals surface area contributed by atoms with Crippen LogP contribution in [-0.2, 0) is 9.53 Å². The topological polar surface area (TPSA) is 38.7 Å². The van der Waals surface area contributed by atoms with Gasteiger partial charge in [0.15, 0.2) is 11.6 Å². The summed E-state index contributed by atoms with van der Waals surface area (Å²) >= 11 is 0. The van der Waals surface area contributed by atoms with Crippen molar-refractivity contribution in [1.82, 2.24) is 0 Å². The smallest absolute Gasteiger partial charge is 0.363 e. The first-order chi connectivity index (χ1) is 7.58. The molecule has 0 spiro atoms. The Morgan fingerprint density at radius 2 is 1.81 bits per heavy atom. The normalized spacial score (nSPS) is 18.2. The van der Waals surface area contributed by atoms with Gasteiger partial charge in [0.25, 0.3) is 0 Å². The van der Waals surface area contributed by atoms with E-state index in [1.54, 1.807) is 6.92 Å². The second-order valence-electron chi connectivity index (χ2n) is 3.86. The first-order valence-electron chi connectivity index (χ1n) is 5.13. The third-order valence-corrected chi connectivity index (χ3v) is 2.54. The van der Waals surface area contributed by atoms with Crippen molar-refractivity contribution in [2.45, 2.75) is 20.8 Å². The number of cyclic esters (lactones) is 1. The number of carbonyl (C=O) groups excluding carboxylic acids is 1. The minimum atomic E-state index is -0.365. The maximum absolute atomic E-state index is 11.5. The molecule has 0 N–H and O–H groups in total. The van der Waals surface area contributed by atoms with E-state index < -0.39 is 0 Å². The van der Waals surface area contributed by atoms with Gasteiger partial charge in [-0.15, -0.1) is 0 Å². The van der Waals surface area contributed by atoms with E-state index >= 15 is 0 Å². The van der Waals surface area contributed by atoms with Crippen molar-refractivity contribution in [2.75, 3.05) is 0 Å². The molecule has 16 heavy (non-hydrogen) atoms. The lowest BCUT2D eigenvalue weighted by Crippen LogP contribution is -2.01. The standard InChI is InChI=1S/C13H13NO2/c1-8-4-6-11(7-5-8)9(2)12-13(15)16-10(3)14-12/h4-7H,1-3H3/b12-9+. The minimum Gasteiger partial charge on any atom is -0.407 e. The van der Waals surface area contributed by atoms with Gasteiger partial charge in [-0.2, -0.15) is 0 Å². The maximum Gasteiger partial charge on any atom is 0.363 e. The molecule has 1 aliphatic heterocycles. The third-order valence-electron chi connectivity index (χ3n) is 2.54. The van der Waals surface area contributed by atoms with Crippen molar-refractivity contribution in [3.8, 4) is 0 Å². The quantitative estimate of drug-likeness (QED) is 0.533. The predicted octanol–water partition coefficient (Wildman–Crippen LogP) is 2.70. The molecule has 3 nitrogen and oxygen atoms in total. The Balaban J connectivity index is 2.45. The van der Waals surface area contributed by atoms with E-state index in [2.05, 4.69) is 4.99 Å². The Hall–Kier alpha value is -1.90. The highest BCUT2D eigenvalue weighted by molar-refractivity contribution is 6.08. The highest BCUT2D eigenvalue weighted by Crippen LogP contribution is 2.23. The Bertz CT molecular complexity index is 495. The lowest BCUT2D eigenvalue weighted by Gasteiger charge is -2.02. The number of allylic oxidation sites excluding steroid dienone is 1. The molecule has 0 atom stereocenters. The number of ether oxygens (including phenoxy) is 1. The largest absolute Gasteiger partial charge is 0.407 e. The van der Waals surface area contributed by atoms with E-state index in [-0.39, 0.29) is 5.97 Å². The van der Waals surface area contributed by atoms with Crippen LogP contribution < -0.4 is 0 Å². The summed E-state index contributed by atoms with van der Waals surface area (Å²) in [6, 6.07) is 7.98. The average molecular weight is 215 g/mol. The summed E-state index contributed by atoms with van der Waals surface area (Å²) in [6.45, 7) is 5.58. The number of nitrogens with zero attached hydrogens (tertiary/aromatic N) is 1. The van der Waals surface area contributed by atoms with Crippen molar-refractivity contribution in [3.63, 3.8) is 0 Å². The van der Waals surface area contributed by atoms with Crippen molar-refractivity contribution in [3.05, 3.63) is 41.1 Å². The molecular weight excluding hydrogens is 202 g/mol. The SMILES string of the molecule is CC1=N/C(=C(\C)c2ccc(C)cc2)C(=O)O1. The van der Waals surface area contributed by atoms with Crippen LogP contribution in [0.15, 0.2) is 35.0 Å². The van der Waals surface area contributed by atoms with E-state index in [0.29, 0.717) is 11.6 Å². The van der Waals surface area contributed by atoms with Gasteiger partial charge in [0.05, 0.1) is 0 Å². The molecule has 0 unspecified atom stereocenters. The molecule has 0 aliphatic carbocycles. The molecule has 1 aliphatic rings. The summed E-state index contributed by atoms with van der Waals surface area (Å²) in [5, 5.41) is 0. The molecular formula is C13H13NO2. The second-order valence-corrected chi connectivity index (χ2v) is 3.86. The number of benzene rings is 1. The summed E-state index contributed by atoms with van der Waals surface area (Å²) in [6.07, 6.45) is 0. The van der Waals surface area contributed by atoms with E-state index in [0.717, 1.165) is 11.1 Å². The zero-order valence-corrected chi connectivity index (χ0v) is 9.57. The Kier molecular flexibility index (Phi) is 2.60. The number of hydrogen-bond donors (Lipinski definition) is 0. The van der Waals surface area contributed by atoms with Gasteiger partial charge in [-0.1, -0.05) is 29.8 Å². The van der Waals surface area contributed by atoms with Gasteiger partial charge < -0.3 is 4.74 Å². The Morgan fingerprint density at radius 1 is 1.19 bits per heavy atom. The van der Waals surface area contributed by atoms with Crippen molar-refractivity contribution in [1.29, 1.82) is 0 Å². The van der Waals surface area contributed by atoms with E-state index in [1.165, 1.54) is 5.56 Å². The van der Waals surface area contributed by atoms with Gasteiger partial charge in [0, 0.05) is 6.92 Å². The van der Waals surface area contributed by atoms with Gasteiger partial charge in [-0.3, -0.25) is 0 Å². The fraction of sp³-hybridized carbons (Fsp3) is 0.231. The van der Waals surface area contributed by atoms with E-state index in [1.807, 2.05) is 38.1 Å². The predicted molar refractivity (Wildman–Crippen MR) is 63.0 cm³/mol. The molecule has 82 valence electrons. The van der Waals surface area contributed by atoms with Gasteiger partial charge in [0.2, 0.25) is 0 Å². The van der Waals surface area contributed by atoms with Crippen LogP contribution in [0.5, 0.6) is 0 Å². The van der Waals surface area contributed by atoms with Gasteiger partial charge in [-0.25, -0.2) is 9.79 Å². The van der Waals surface area contributed by atoms with Crippen molar-refractivity contribution >= 4 is 17.4 Å².